The Kier molecular flexibility index (Phi) is 6.39. The molecule has 2 aromatic carbocycles. The minimum atomic E-state index is -0.480. The Morgan fingerprint density at radius 3 is 2.64 bits per heavy atom. The number of ether oxygens (including phenoxy) is 2. The summed E-state index contributed by atoms with van der Waals surface area (Å²) < 4.78 is 10.5. The average molecular weight is 381 g/mol. The van der Waals surface area contributed by atoms with Crippen LogP contribution in [0.3, 0.4) is 0 Å². The van der Waals surface area contributed by atoms with Crippen LogP contribution in [0.2, 0.25) is 0 Å². The number of carbonyl (C=O) groups excluding carboxylic acids is 2. The van der Waals surface area contributed by atoms with Gasteiger partial charge in [0.15, 0.2) is 5.78 Å². The number of benzene rings is 2. The van der Waals surface area contributed by atoms with E-state index in [2.05, 4.69) is 10.4 Å². The molecule has 1 unspecified atom stereocenters. The van der Waals surface area contributed by atoms with Crippen molar-refractivity contribution >= 4 is 28.8 Å². The van der Waals surface area contributed by atoms with Crippen molar-refractivity contribution < 1.29 is 19.1 Å². The van der Waals surface area contributed by atoms with Gasteiger partial charge < -0.3 is 14.8 Å². The van der Waals surface area contributed by atoms with E-state index in [0.717, 1.165) is 5.69 Å². The Morgan fingerprint density at radius 1 is 1.14 bits per heavy atom. The lowest BCUT2D eigenvalue weighted by molar-refractivity contribution is -0.118. The maximum Gasteiger partial charge on any atom is 0.271 e. The molecule has 1 heterocycles. The SMILES string of the molecule is COCCOc1cccc(NC(=O)C2=NN(c3ccccc3)C(C(C)=O)C2)c1. The maximum absolute atomic E-state index is 12.7. The van der Waals surface area contributed by atoms with Crippen LogP contribution in [0.4, 0.5) is 11.4 Å². The molecule has 0 spiro atoms. The van der Waals surface area contributed by atoms with Crippen molar-refractivity contribution in [3.05, 3.63) is 54.6 Å². The summed E-state index contributed by atoms with van der Waals surface area (Å²) in [5, 5.41) is 8.85. The van der Waals surface area contributed by atoms with Crippen LogP contribution in [-0.4, -0.2) is 43.8 Å². The molecule has 146 valence electrons. The lowest BCUT2D eigenvalue weighted by atomic mass is 10.1. The number of hydrogen-bond acceptors (Lipinski definition) is 6. The van der Waals surface area contributed by atoms with Crippen molar-refractivity contribution in [1.29, 1.82) is 0 Å². The van der Waals surface area contributed by atoms with Crippen LogP contribution in [0.1, 0.15) is 13.3 Å². The third-order valence-corrected chi connectivity index (χ3v) is 4.31. The highest BCUT2D eigenvalue weighted by molar-refractivity contribution is 6.44. The zero-order chi connectivity index (χ0) is 19.9. The molecule has 1 aliphatic heterocycles. The number of para-hydroxylation sites is 1. The zero-order valence-corrected chi connectivity index (χ0v) is 15.9. The third-order valence-electron chi connectivity index (χ3n) is 4.31. The van der Waals surface area contributed by atoms with Gasteiger partial charge in [0.25, 0.3) is 5.91 Å². The monoisotopic (exact) mass is 381 g/mol. The minimum Gasteiger partial charge on any atom is -0.491 e. The second-order valence-corrected chi connectivity index (χ2v) is 6.38. The van der Waals surface area contributed by atoms with Crippen LogP contribution in [-0.2, 0) is 14.3 Å². The molecule has 1 N–H and O–H groups in total. The Morgan fingerprint density at radius 2 is 1.93 bits per heavy atom. The van der Waals surface area contributed by atoms with E-state index in [9.17, 15) is 9.59 Å². The normalized spacial score (nSPS) is 15.9. The van der Waals surface area contributed by atoms with Gasteiger partial charge in [-0.1, -0.05) is 24.3 Å². The summed E-state index contributed by atoms with van der Waals surface area (Å²) in [4.78, 5) is 24.7. The van der Waals surface area contributed by atoms with E-state index in [1.165, 1.54) is 6.92 Å². The Balaban J connectivity index is 1.72. The lowest BCUT2D eigenvalue weighted by Gasteiger charge is -2.20. The number of ketones is 1. The Hall–Kier alpha value is -3.19. The summed E-state index contributed by atoms with van der Waals surface area (Å²) in [7, 11) is 1.61. The number of rotatable bonds is 8. The topological polar surface area (TPSA) is 80.2 Å². The van der Waals surface area contributed by atoms with Crippen molar-refractivity contribution in [1.82, 2.24) is 0 Å². The molecule has 0 saturated heterocycles. The number of amides is 1. The van der Waals surface area contributed by atoms with Crippen LogP contribution in [0.25, 0.3) is 0 Å². The summed E-state index contributed by atoms with van der Waals surface area (Å²) in [6.07, 6.45) is 0.264. The standard InChI is InChI=1S/C21H23N3O4/c1-15(25)20-14-19(23-24(20)17-8-4-3-5-9-17)21(26)22-16-7-6-10-18(13-16)28-12-11-27-2/h3-10,13,20H,11-12,14H2,1-2H3,(H,22,26). The number of hydrazone groups is 1. The number of nitrogens with zero attached hydrogens (tertiary/aromatic N) is 2. The van der Waals surface area contributed by atoms with E-state index in [4.69, 9.17) is 9.47 Å². The lowest BCUT2D eigenvalue weighted by Crippen LogP contribution is -2.33. The van der Waals surface area contributed by atoms with Gasteiger partial charge in [0.2, 0.25) is 0 Å². The molecule has 0 aromatic heterocycles. The molecule has 0 bridgehead atoms. The quantitative estimate of drug-likeness (QED) is 0.711. The molecule has 0 saturated carbocycles. The number of Topliss-reactive ketones (excluding diaryl/α,β-unsaturated/α-hetero) is 1. The first-order chi connectivity index (χ1) is 13.6. The fourth-order valence-electron chi connectivity index (χ4n) is 2.89. The van der Waals surface area contributed by atoms with E-state index < -0.39 is 6.04 Å². The van der Waals surface area contributed by atoms with E-state index in [1.807, 2.05) is 30.3 Å². The molecule has 7 heteroatoms. The summed E-state index contributed by atoms with van der Waals surface area (Å²) in [5.74, 6) is 0.262. The average Bonchev–Trinajstić information content (AvgIpc) is 3.15. The maximum atomic E-state index is 12.7. The van der Waals surface area contributed by atoms with Crippen molar-refractivity contribution in [2.75, 3.05) is 30.6 Å². The van der Waals surface area contributed by atoms with E-state index >= 15 is 0 Å². The molecular weight excluding hydrogens is 358 g/mol. The van der Waals surface area contributed by atoms with Crippen LogP contribution in [0, 0.1) is 0 Å². The Labute approximate surface area is 163 Å². The van der Waals surface area contributed by atoms with Gasteiger partial charge in [-0.25, -0.2) is 0 Å². The van der Waals surface area contributed by atoms with Gasteiger partial charge in [0, 0.05) is 25.3 Å². The molecule has 0 aliphatic carbocycles. The fraction of sp³-hybridized carbons (Fsp3) is 0.286. The summed E-state index contributed by atoms with van der Waals surface area (Å²) >= 11 is 0. The molecule has 1 aliphatic rings. The van der Waals surface area contributed by atoms with Crippen molar-refractivity contribution in [3.63, 3.8) is 0 Å². The Bertz CT molecular complexity index is 867. The van der Waals surface area contributed by atoms with Crippen LogP contribution < -0.4 is 15.1 Å². The summed E-state index contributed by atoms with van der Waals surface area (Å²) in [6, 6.07) is 16.0. The highest BCUT2D eigenvalue weighted by Crippen LogP contribution is 2.25. The van der Waals surface area contributed by atoms with Gasteiger partial charge in [-0.05, 0) is 31.2 Å². The van der Waals surface area contributed by atoms with Gasteiger partial charge in [-0.3, -0.25) is 14.6 Å². The van der Waals surface area contributed by atoms with Gasteiger partial charge >= 0.3 is 0 Å². The molecule has 2 aromatic rings. The van der Waals surface area contributed by atoms with Gasteiger partial charge in [0.05, 0.1) is 12.3 Å². The number of anilines is 2. The zero-order valence-electron chi connectivity index (χ0n) is 15.9. The highest BCUT2D eigenvalue weighted by atomic mass is 16.5. The van der Waals surface area contributed by atoms with Gasteiger partial charge in [0.1, 0.15) is 24.1 Å². The highest BCUT2D eigenvalue weighted by Gasteiger charge is 2.34. The molecule has 3 rings (SSSR count). The van der Waals surface area contributed by atoms with Gasteiger partial charge in [-0.2, -0.15) is 5.10 Å². The smallest absolute Gasteiger partial charge is 0.271 e. The third kappa shape index (κ3) is 4.75. The van der Waals surface area contributed by atoms with E-state index in [-0.39, 0.29) is 18.1 Å². The van der Waals surface area contributed by atoms with Crippen molar-refractivity contribution in [2.24, 2.45) is 5.10 Å². The summed E-state index contributed by atoms with van der Waals surface area (Å²) in [6.45, 7) is 2.42. The molecule has 1 atom stereocenters. The largest absolute Gasteiger partial charge is 0.491 e. The van der Waals surface area contributed by atoms with E-state index in [1.54, 1.807) is 36.4 Å². The van der Waals surface area contributed by atoms with Crippen LogP contribution >= 0.6 is 0 Å². The van der Waals surface area contributed by atoms with Crippen molar-refractivity contribution in [3.8, 4) is 5.75 Å². The van der Waals surface area contributed by atoms with Crippen LogP contribution in [0.5, 0.6) is 5.75 Å². The number of methoxy groups -OCH3 is 1. The number of hydrogen-bond donors (Lipinski definition) is 1. The fourth-order valence-corrected chi connectivity index (χ4v) is 2.89. The summed E-state index contributed by atoms with van der Waals surface area (Å²) in [5.41, 5.74) is 1.69. The first-order valence-corrected chi connectivity index (χ1v) is 9.04. The van der Waals surface area contributed by atoms with E-state index in [0.29, 0.717) is 30.4 Å². The molecule has 1 amide bonds. The first-order valence-electron chi connectivity index (χ1n) is 9.04. The number of nitrogens with one attached hydrogen (secondary N) is 1. The second-order valence-electron chi connectivity index (χ2n) is 6.38. The predicted octanol–water partition coefficient (Wildman–Crippen LogP) is 2.87. The molecular formula is C21H23N3O4. The molecule has 28 heavy (non-hydrogen) atoms. The molecule has 0 fully saturated rings. The van der Waals surface area contributed by atoms with Crippen molar-refractivity contribution in [2.45, 2.75) is 19.4 Å². The molecule has 0 radical (unpaired) electrons. The predicted molar refractivity (Wildman–Crippen MR) is 108 cm³/mol. The molecule has 7 nitrogen and oxygen atoms in total. The van der Waals surface area contributed by atoms with Crippen LogP contribution in [0.15, 0.2) is 59.7 Å². The first kappa shape index (κ1) is 19.6. The number of carbonyl (C=O) groups is 2. The second kappa shape index (κ2) is 9.14. The van der Waals surface area contributed by atoms with Gasteiger partial charge in [-0.15, -0.1) is 0 Å². The minimum absolute atomic E-state index is 0.0380.